The van der Waals surface area contributed by atoms with Crippen LogP contribution in [-0.4, -0.2) is 73.2 Å². The summed E-state index contributed by atoms with van der Waals surface area (Å²) in [6, 6.07) is 18.1. The van der Waals surface area contributed by atoms with E-state index in [4.69, 9.17) is 9.47 Å². The molecule has 6 heteroatoms. The van der Waals surface area contributed by atoms with Gasteiger partial charge in [0.25, 0.3) is 5.91 Å². The van der Waals surface area contributed by atoms with Crippen LogP contribution in [0.15, 0.2) is 60.8 Å². The molecule has 1 atom stereocenters. The second-order valence-corrected chi connectivity index (χ2v) is 9.28. The third-order valence-electron chi connectivity index (χ3n) is 6.91. The fourth-order valence-corrected chi connectivity index (χ4v) is 5.09. The molecule has 0 spiro atoms. The largest absolute Gasteiger partial charge is 0.492 e. The zero-order valence-corrected chi connectivity index (χ0v) is 19.7. The van der Waals surface area contributed by atoms with Gasteiger partial charge in [0.05, 0.1) is 18.7 Å². The second-order valence-electron chi connectivity index (χ2n) is 9.28. The number of aromatic nitrogens is 1. The van der Waals surface area contributed by atoms with E-state index < -0.39 is 0 Å². The fraction of sp³-hybridized carbons (Fsp3) is 0.429. The molecule has 1 amide bonds. The van der Waals surface area contributed by atoms with Gasteiger partial charge in [-0.15, -0.1) is 0 Å². The Hall–Kier alpha value is -2.96. The number of likely N-dealkylation sites (tertiary alicyclic amines) is 1. The van der Waals surface area contributed by atoms with Crippen molar-refractivity contribution < 1.29 is 14.3 Å². The van der Waals surface area contributed by atoms with Crippen molar-refractivity contribution in [1.82, 2.24) is 14.8 Å². The number of nitrogens with zero attached hydrogens (tertiary/aromatic N) is 3. The van der Waals surface area contributed by atoms with Crippen molar-refractivity contribution in [3.63, 3.8) is 0 Å². The van der Waals surface area contributed by atoms with Gasteiger partial charge >= 0.3 is 0 Å². The summed E-state index contributed by atoms with van der Waals surface area (Å²) < 4.78 is 11.4. The highest BCUT2D eigenvalue weighted by molar-refractivity contribution is 5.94. The van der Waals surface area contributed by atoms with E-state index in [1.165, 1.54) is 10.9 Å². The van der Waals surface area contributed by atoms with Crippen molar-refractivity contribution in [3.8, 4) is 5.75 Å². The van der Waals surface area contributed by atoms with Crippen LogP contribution in [0.3, 0.4) is 0 Å². The number of carbonyl (C=O) groups is 1. The van der Waals surface area contributed by atoms with Crippen LogP contribution in [0.2, 0.25) is 0 Å². The lowest BCUT2D eigenvalue weighted by atomic mass is 9.89. The van der Waals surface area contributed by atoms with Crippen LogP contribution in [0.1, 0.15) is 28.8 Å². The highest BCUT2D eigenvalue weighted by Crippen LogP contribution is 2.26. The van der Waals surface area contributed by atoms with Crippen LogP contribution in [0.25, 0.3) is 10.9 Å². The number of piperidine rings is 1. The quantitative estimate of drug-likeness (QED) is 0.534. The summed E-state index contributed by atoms with van der Waals surface area (Å²) in [4.78, 5) is 22.2. The molecule has 34 heavy (non-hydrogen) atoms. The summed E-state index contributed by atoms with van der Waals surface area (Å²) in [6.07, 6.45) is 4.99. The molecular formula is C28H33N3O3. The molecule has 0 aliphatic carbocycles. The van der Waals surface area contributed by atoms with Gasteiger partial charge in [-0.2, -0.15) is 0 Å². The first kappa shape index (κ1) is 22.8. The van der Waals surface area contributed by atoms with Gasteiger partial charge in [-0.3, -0.25) is 14.7 Å². The molecular weight excluding hydrogens is 426 g/mol. The van der Waals surface area contributed by atoms with E-state index in [2.05, 4.69) is 34.1 Å². The van der Waals surface area contributed by atoms with Gasteiger partial charge in [0.1, 0.15) is 12.4 Å². The van der Waals surface area contributed by atoms with E-state index in [9.17, 15) is 4.79 Å². The predicted octanol–water partition coefficient (Wildman–Crippen LogP) is 4.04. The van der Waals surface area contributed by atoms with E-state index in [0.717, 1.165) is 76.5 Å². The summed E-state index contributed by atoms with van der Waals surface area (Å²) in [6.45, 7) is 6.57. The van der Waals surface area contributed by atoms with Crippen LogP contribution in [0.4, 0.5) is 0 Å². The lowest BCUT2D eigenvalue weighted by molar-refractivity contribution is 0.0322. The molecule has 0 bridgehead atoms. The molecule has 1 aromatic heterocycles. The molecule has 0 N–H and O–H groups in total. The molecule has 0 unspecified atom stereocenters. The first-order valence-electron chi connectivity index (χ1n) is 12.4. The third kappa shape index (κ3) is 5.57. The minimum absolute atomic E-state index is 0.0999. The summed E-state index contributed by atoms with van der Waals surface area (Å²) >= 11 is 0. The maximum atomic E-state index is 13.3. The van der Waals surface area contributed by atoms with Crippen molar-refractivity contribution in [3.05, 3.63) is 71.9 Å². The Labute approximate surface area is 201 Å². The van der Waals surface area contributed by atoms with Gasteiger partial charge in [0.15, 0.2) is 0 Å². The van der Waals surface area contributed by atoms with E-state index in [-0.39, 0.29) is 5.91 Å². The molecule has 2 aliphatic rings. The normalized spacial score (nSPS) is 19.3. The first-order valence-corrected chi connectivity index (χ1v) is 12.4. The number of morpholine rings is 1. The molecule has 3 heterocycles. The first-order chi connectivity index (χ1) is 16.8. The lowest BCUT2D eigenvalue weighted by Gasteiger charge is -2.33. The van der Waals surface area contributed by atoms with Gasteiger partial charge in [-0.25, -0.2) is 0 Å². The van der Waals surface area contributed by atoms with Gasteiger partial charge < -0.3 is 14.4 Å². The average Bonchev–Trinajstić information content (AvgIpc) is 2.89. The zero-order valence-electron chi connectivity index (χ0n) is 19.7. The van der Waals surface area contributed by atoms with E-state index >= 15 is 0 Å². The number of ether oxygens (including phenoxy) is 2. The van der Waals surface area contributed by atoms with Crippen molar-refractivity contribution in [2.24, 2.45) is 5.92 Å². The number of pyridine rings is 1. The van der Waals surface area contributed by atoms with E-state index in [1.54, 1.807) is 0 Å². The summed E-state index contributed by atoms with van der Waals surface area (Å²) in [5.41, 5.74) is 3.06. The standard InChI is InChI=1S/C28H33N3O3/c32-28(24-7-1-8-25(20-24)34-18-15-30-13-16-33-17-14-30)31-12-4-5-22(21-31)19-23-6-2-10-27-26(23)9-3-11-29-27/h1-3,6-11,20,22H,4-5,12-19,21H2/t22-/m0/s1. The van der Waals surface area contributed by atoms with Crippen LogP contribution < -0.4 is 4.74 Å². The average molecular weight is 460 g/mol. The SMILES string of the molecule is O=C(c1cccc(OCCN2CCOCC2)c1)N1CCC[C@@H](Cc2cccc3ncccc23)C1. The Morgan fingerprint density at radius 2 is 1.94 bits per heavy atom. The van der Waals surface area contributed by atoms with Crippen molar-refractivity contribution in [2.75, 3.05) is 52.5 Å². The molecule has 2 aliphatic heterocycles. The van der Waals surface area contributed by atoms with Crippen molar-refractivity contribution >= 4 is 16.8 Å². The second kappa shape index (κ2) is 11.0. The Bertz CT molecular complexity index is 1110. The van der Waals surface area contributed by atoms with Crippen molar-refractivity contribution in [2.45, 2.75) is 19.3 Å². The number of amides is 1. The van der Waals surface area contributed by atoms with E-state index in [1.807, 2.05) is 41.4 Å². The highest BCUT2D eigenvalue weighted by atomic mass is 16.5. The summed E-state index contributed by atoms with van der Waals surface area (Å²) in [5.74, 6) is 1.32. The number of fused-ring (bicyclic) bond motifs is 1. The fourth-order valence-electron chi connectivity index (χ4n) is 5.09. The van der Waals surface area contributed by atoms with E-state index in [0.29, 0.717) is 18.1 Å². The topological polar surface area (TPSA) is 54.9 Å². The van der Waals surface area contributed by atoms with Crippen LogP contribution in [0.5, 0.6) is 5.75 Å². The number of hydrogen-bond acceptors (Lipinski definition) is 5. The summed E-state index contributed by atoms with van der Waals surface area (Å²) in [7, 11) is 0. The maximum absolute atomic E-state index is 13.3. The Morgan fingerprint density at radius 3 is 2.85 bits per heavy atom. The van der Waals surface area contributed by atoms with Gasteiger partial charge in [-0.1, -0.05) is 24.3 Å². The molecule has 2 fully saturated rings. The molecule has 2 saturated heterocycles. The molecule has 178 valence electrons. The molecule has 2 aromatic carbocycles. The monoisotopic (exact) mass is 459 g/mol. The van der Waals surface area contributed by atoms with Gasteiger partial charge in [0, 0.05) is 49.9 Å². The number of rotatable bonds is 7. The van der Waals surface area contributed by atoms with Crippen LogP contribution in [-0.2, 0) is 11.2 Å². The van der Waals surface area contributed by atoms with Gasteiger partial charge in [0.2, 0.25) is 0 Å². The molecule has 0 saturated carbocycles. The minimum Gasteiger partial charge on any atom is -0.492 e. The molecule has 0 radical (unpaired) electrons. The molecule has 6 nitrogen and oxygen atoms in total. The molecule has 3 aromatic rings. The lowest BCUT2D eigenvalue weighted by Crippen LogP contribution is -2.40. The summed E-state index contributed by atoms with van der Waals surface area (Å²) in [5, 5.41) is 1.22. The van der Waals surface area contributed by atoms with Crippen LogP contribution >= 0.6 is 0 Å². The Kier molecular flexibility index (Phi) is 7.37. The van der Waals surface area contributed by atoms with Gasteiger partial charge in [-0.05, 0) is 61.1 Å². The third-order valence-corrected chi connectivity index (χ3v) is 6.91. The number of carbonyl (C=O) groups excluding carboxylic acids is 1. The smallest absolute Gasteiger partial charge is 0.253 e. The Morgan fingerprint density at radius 1 is 1.06 bits per heavy atom. The maximum Gasteiger partial charge on any atom is 0.253 e. The van der Waals surface area contributed by atoms with Crippen LogP contribution in [0, 0.1) is 5.92 Å². The number of benzene rings is 2. The number of hydrogen-bond donors (Lipinski definition) is 0. The zero-order chi connectivity index (χ0) is 23.2. The minimum atomic E-state index is 0.0999. The predicted molar refractivity (Wildman–Crippen MR) is 133 cm³/mol. The van der Waals surface area contributed by atoms with Crippen molar-refractivity contribution in [1.29, 1.82) is 0 Å². The Balaban J connectivity index is 1.19. The highest BCUT2D eigenvalue weighted by Gasteiger charge is 2.25. The molecule has 5 rings (SSSR count).